The predicted octanol–water partition coefficient (Wildman–Crippen LogP) is -0.232. The number of nitrogens with one attached hydrogen (secondary N) is 1. The zero-order valence-electron chi connectivity index (χ0n) is 11.1. The Morgan fingerprint density at radius 1 is 1.32 bits per heavy atom. The van der Waals surface area contributed by atoms with Crippen molar-refractivity contribution in [1.82, 2.24) is 15.1 Å². The van der Waals surface area contributed by atoms with Crippen molar-refractivity contribution >= 4 is 30.1 Å². The Morgan fingerprint density at radius 3 is 2.53 bits per heavy atom. The van der Waals surface area contributed by atoms with Gasteiger partial charge in [0.1, 0.15) is 0 Å². The van der Waals surface area contributed by atoms with Crippen molar-refractivity contribution in [2.24, 2.45) is 0 Å². The fourth-order valence-electron chi connectivity index (χ4n) is 2.43. The van der Waals surface area contributed by atoms with E-state index in [0.29, 0.717) is 6.54 Å². The Labute approximate surface area is 118 Å². The van der Waals surface area contributed by atoms with Crippen molar-refractivity contribution in [3.8, 4) is 0 Å². The van der Waals surface area contributed by atoms with Gasteiger partial charge in [-0.05, 0) is 6.92 Å². The Balaban J connectivity index is 0.00000180. The fraction of sp³-hybridized carbons (Fsp3) is 0.750. The second-order valence-electron chi connectivity index (χ2n) is 4.83. The lowest BCUT2D eigenvalue weighted by Crippen LogP contribution is -2.52. The minimum atomic E-state index is -0.152. The first kappa shape index (κ1) is 15.9. The second-order valence-corrected chi connectivity index (χ2v) is 4.83. The van der Waals surface area contributed by atoms with Crippen LogP contribution in [0, 0.1) is 0 Å². The van der Waals surface area contributed by atoms with Crippen LogP contribution >= 0.6 is 12.4 Å². The van der Waals surface area contributed by atoms with Crippen LogP contribution < -0.4 is 5.32 Å². The molecule has 108 valence electrons. The molecule has 0 aromatic carbocycles. The van der Waals surface area contributed by atoms with Crippen LogP contribution in [-0.4, -0.2) is 59.7 Å². The van der Waals surface area contributed by atoms with Gasteiger partial charge in [0.05, 0.1) is 0 Å². The number of amides is 3. The van der Waals surface area contributed by atoms with Crippen molar-refractivity contribution in [3.05, 3.63) is 0 Å². The molecule has 0 radical (unpaired) electrons. The van der Waals surface area contributed by atoms with Crippen molar-refractivity contribution < 1.29 is 14.4 Å². The van der Waals surface area contributed by atoms with E-state index in [4.69, 9.17) is 0 Å². The molecule has 0 aliphatic carbocycles. The largest absolute Gasteiger partial charge is 0.337 e. The molecule has 2 saturated heterocycles. The second kappa shape index (κ2) is 6.86. The number of hydrogen-bond acceptors (Lipinski definition) is 4. The van der Waals surface area contributed by atoms with Gasteiger partial charge in [-0.1, -0.05) is 0 Å². The molecule has 0 aromatic heterocycles. The number of piperazine rings is 1. The molecule has 2 fully saturated rings. The molecule has 0 unspecified atom stereocenters. The molecule has 0 spiro atoms. The molecule has 2 heterocycles. The van der Waals surface area contributed by atoms with Crippen LogP contribution in [0.4, 0.5) is 0 Å². The Kier molecular flexibility index (Phi) is 5.75. The van der Waals surface area contributed by atoms with E-state index in [1.165, 1.54) is 4.90 Å². The molecule has 1 atom stereocenters. The summed E-state index contributed by atoms with van der Waals surface area (Å²) in [6.07, 6.45) is 0.815. The van der Waals surface area contributed by atoms with Gasteiger partial charge < -0.3 is 10.2 Å². The number of imide groups is 1. The molecule has 7 heteroatoms. The maximum absolute atomic E-state index is 12.0. The van der Waals surface area contributed by atoms with Gasteiger partial charge in [-0.3, -0.25) is 19.3 Å². The molecular weight excluding hydrogens is 270 g/mol. The van der Waals surface area contributed by atoms with Gasteiger partial charge >= 0.3 is 0 Å². The summed E-state index contributed by atoms with van der Waals surface area (Å²) in [5, 5.41) is 3.22. The van der Waals surface area contributed by atoms with Gasteiger partial charge in [-0.15, -0.1) is 12.4 Å². The highest BCUT2D eigenvalue weighted by Gasteiger charge is 2.30. The molecule has 0 bridgehead atoms. The van der Waals surface area contributed by atoms with E-state index in [1.54, 1.807) is 0 Å². The minimum absolute atomic E-state index is 0. The Bertz CT molecular complexity index is 359. The van der Waals surface area contributed by atoms with Crippen molar-refractivity contribution in [2.45, 2.75) is 32.2 Å². The average Bonchev–Trinajstić information content (AvgIpc) is 2.67. The summed E-state index contributed by atoms with van der Waals surface area (Å²) in [6.45, 7) is 4.52. The molecule has 2 aliphatic heterocycles. The van der Waals surface area contributed by atoms with Crippen LogP contribution in [0.5, 0.6) is 0 Å². The van der Waals surface area contributed by atoms with Gasteiger partial charge in [0, 0.05) is 51.5 Å². The van der Waals surface area contributed by atoms with Gasteiger partial charge in [0.2, 0.25) is 17.7 Å². The molecule has 19 heavy (non-hydrogen) atoms. The zero-order valence-corrected chi connectivity index (χ0v) is 11.9. The molecule has 2 rings (SSSR count). The number of rotatable bonds is 3. The first-order valence-corrected chi connectivity index (χ1v) is 6.43. The molecule has 0 aromatic rings. The molecule has 2 aliphatic rings. The van der Waals surface area contributed by atoms with E-state index in [-0.39, 0.29) is 62.0 Å². The number of likely N-dealkylation sites (tertiary alicyclic amines) is 1. The van der Waals surface area contributed by atoms with Gasteiger partial charge in [0.15, 0.2) is 0 Å². The van der Waals surface area contributed by atoms with Gasteiger partial charge in [-0.25, -0.2) is 0 Å². The maximum atomic E-state index is 12.0. The SMILES string of the molecule is C[C@H]1CNCCN1C(=O)CCN1C(=O)CCC1=O.Cl. The van der Waals surface area contributed by atoms with E-state index in [9.17, 15) is 14.4 Å². The minimum Gasteiger partial charge on any atom is -0.337 e. The molecule has 6 nitrogen and oxygen atoms in total. The lowest BCUT2D eigenvalue weighted by molar-refractivity contribution is -0.140. The monoisotopic (exact) mass is 289 g/mol. The highest BCUT2D eigenvalue weighted by molar-refractivity contribution is 6.02. The molecule has 3 amide bonds. The van der Waals surface area contributed by atoms with Crippen molar-refractivity contribution in [2.75, 3.05) is 26.2 Å². The first-order valence-electron chi connectivity index (χ1n) is 6.43. The summed E-state index contributed by atoms with van der Waals surface area (Å²) in [5.41, 5.74) is 0. The third kappa shape index (κ3) is 3.67. The summed E-state index contributed by atoms with van der Waals surface area (Å²) in [7, 11) is 0. The molecule has 0 saturated carbocycles. The molecular formula is C12H20ClN3O3. The van der Waals surface area contributed by atoms with Crippen molar-refractivity contribution in [3.63, 3.8) is 0 Å². The van der Waals surface area contributed by atoms with E-state index in [0.717, 1.165) is 13.1 Å². The van der Waals surface area contributed by atoms with Crippen LogP contribution in [0.3, 0.4) is 0 Å². The third-order valence-electron chi connectivity index (χ3n) is 3.53. The smallest absolute Gasteiger partial charge is 0.229 e. The first-order chi connectivity index (χ1) is 8.59. The van der Waals surface area contributed by atoms with Crippen LogP contribution in [0.15, 0.2) is 0 Å². The quantitative estimate of drug-likeness (QED) is 0.729. The van der Waals surface area contributed by atoms with Crippen LogP contribution in [0.2, 0.25) is 0 Å². The lowest BCUT2D eigenvalue weighted by atomic mass is 10.2. The highest BCUT2D eigenvalue weighted by Crippen LogP contribution is 2.13. The maximum Gasteiger partial charge on any atom is 0.229 e. The number of nitrogens with zero attached hydrogens (tertiary/aromatic N) is 2. The summed E-state index contributed by atoms with van der Waals surface area (Å²) >= 11 is 0. The summed E-state index contributed by atoms with van der Waals surface area (Å²) in [5.74, 6) is -0.279. The van der Waals surface area contributed by atoms with Crippen LogP contribution in [0.25, 0.3) is 0 Å². The fourth-order valence-corrected chi connectivity index (χ4v) is 2.43. The standard InChI is InChI=1S/C12H19N3O3.ClH/c1-9-8-13-5-7-14(9)12(18)4-6-15-10(16)2-3-11(15)17;/h9,13H,2-8H2,1H3;1H/t9-;/m0./s1. The van der Waals surface area contributed by atoms with E-state index < -0.39 is 0 Å². The van der Waals surface area contributed by atoms with E-state index in [1.807, 2.05) is 11.8 Å². The Morgan fingerprint density at radius 2 is 1.95 bits per heavy atom. The Hall–Kier alpha value is -1.14. The van der Waals surface area contributed by atoms with E-state index in [2.05, 4.69) is 5.32 Å². The third-order valence-corrected chi connectivity index (χ3v) is 3.53. The normalized spacial score (nSPS) is 23.5. The van der Waals surface area contributed by atoms with Crippen LogP contribution in [-0.2, 0) is 14.4 Å². The summed E-state index contributed by atoms with van der Waals surface area (Å²) in [6, 6.07) is 0.177. The topological polar surface area (TPSA) is 69.7 Å². The number of carbonyl (C=O) groups is 3. The van der Waals surface area contributed by atoms with Crippen molar-refractivity contribution in [1.29, 1.82) is 0 Å². The highest BCUT2D eigenvalue weighted by atomic mass is 35.5. The number of halogens is 1. The average molecular weight is 290 g/mol. The summed E-state index contributed by atoms with van der Waals surface area (Å²) in [4.78, 5) is 37.9. The predicted molar refractivity (Wildman–Crippen MR) is 71.9 cm³/mol. The number of hydrogen-bond donors (Lipinski definition) is 1. The summed E-state index contributed by atoms with van der Waals surface area (Å²) < 4.78 is 0. The van der Waals surface area contributed by atoms with Gasteiger partial charge in [0.25, 0.3) is 0 Å². The van der Waals surface area contributed by atoms with Crippen LogP contribution in [0.1, 0.15) is 26.2 Å². The van der Waals surface area contributed by atoms with Gasteiger partial charge in [-0.2, -0.15) is 0 Å². The molecule has 1 N–H and O–H groups in total. The number of carbonyl (C=O) groups excluding carboxylic acids is 3. The lowest BCUT2D eigenvalue weighted by Gasteiger charge is -2.34. The zero-order chi connectivity index (χ0) is 13.1. The van der Waals surface area contributed by atoms with E-state index >= 15 is 0 Å².